The number of aromatic nitrogens is 2. The van der Waals surface area contributed by atoms with Gasteiger partial charge in [-0.15, -0.1) is 0 Å². The monoisotopic (exact) mass is 607 g/mol. The van der Waals surface area contributed by atoms with Crippen molar-refractivity contribution >= 4 is 29.3 Å². The Labute approximate surface area is 262 Å². The van der Waals surface area contributed by atoms with Crippen LogP contribution in [0.1, 0.15) is 47.4 Å². The molecular formula is C35H37N5O5. The Bertz CT molecular complexity index is 1750. The van der Waals surface area contributed by atoms with Gasteiger partial charge < -0.3 is 25.4 Å². The molecule has 2 atom stereocenters. The predicted molar refractivity (Wildman–Crippen MR) is 172 cm³/mol. The first kappa shape index (κ1) is 29.9. The molecule has 10 nitrogen and oxygen atoms in total. The molecule has 232 valence electrons. The third-order valence-corrected chi connectivity index (χ3v) is 8.61. The van der Waals surface area contributed by atoms with Crippen LogP contribution in [0.15, 0.2) is 73.1 Å². The standard InChI is InChI=1S/C35H37N5O5/c1-22-7-3-12-31(23(22)2)45-14-6-13-32(41)40-21-25-16-29(25)34-28(10-5-11-30(34)40)26-17-37-39(20-26)19-24-8-4-9-27(15-24)38-35(44)36-18-33(42)43/h3-5,7-12,15,17,20,25,29H,6,13-14,16,18-19,21H2,1-2H3,(H,42,43)(H2,36,38,44)/t25-,29-/m0/s1. The number of rotatable bonds is 11. The van der Waals surface area contributed by atoms with Gasteiger partial charge in [0.25, 0.3) is 0 Å². The van der Waals surface area contributed by atoms with Gasteiger partial charge in [-0.25, -0.2) is 4.79 Å². The molecule has 1 aliphatic carbocycles. The van der Waals surface area contributed by atoms with Crippen molar-refractivity contribution in [2.24, 2.45) is 5.92 Å². The van der Waals surface area contributed by atoms with Gasteiger partial charge in [0.15, 0.2) is 0 Å². The van der Waals surface area contributed by atoms with Crippen LogP contribution in [0.25, 0.3) is 11.1 Å². The summed E-state index contributed by atoms with van der Waals surface area (Å²) in [6.07, 6.45) is 6.04. The maximum Gasteiger partial charge on any atom is 0.323 e. The van der Waals surface area contributed by atoms with E-state index < -0.39 is 18.5 Å². The van der Waals surface area contributed by atoms with Gasteiger partial charge in [-0.2, -0.15) is 5.10 Å². The van der Waals surface area contributed by atoms with Crippen molar-refractivity contribution in [1.29, 1.82) is 0 Å². The molecule has 0 bridgehead atoms. The van der Waals surface area contributed by atoms with Crippen molar-refractivity contribution in [2.45, 2.75) is 45.6 Å². The second-order valence-corrected chi connectivity index (χ2v) is 11.8. The normalized spacial score (nSPS) is 16.4. The van der Waals surface area contributed by atoms with Gasteiger partial charge in [0.1, 0.15) is 12.3 Å². The number of carbonyl (C=O) groups is 3. The molecule has 2 aliphatic rings. The molecule has 2 heterocycles. The van der Waals surface area contributed by atoms with Crippen LogP contribution in [-0.2, 0) is 16.1 Å². The number of carboxylic acid groups (broad SMARTS) is 1. The molecule has 3 N–H and O–H groups in total. The Kier molecular flexibility index (Phi) is 8.55. The molecule has 0 saturated heterocycles. The highest BCUT2D eigenvalue weighted by Crippen LogP contribution is 2.57. The summed E-state index contributed by atoms with van der Waals surface area (Å²) in [6, 6.07) is 19.0. The van der Waals surface area contributed by atoms with Crippen molar-refractivity contribution in [3.8, 4) is 16.9 Å². The number of aliphatic carboxylic acids is 1. The molecule has 0 spiro atoms. The van der Waals surface area contributed by atoms with Crippen molar-refractivity contribution in [2.75, 3.05) is 29.9 Å². The fourth-order valence-corrected chi connectivity index (χ4v) is 6.08. The number of carbonyl (C=O) groups excluding carboxylic acids is 2. The maximum absolute atomic E-state index is 13.5. The zero-order valence-corrected chi connectivity index (χ0v) is 25.5. The fraction of sp³-hybridized carbons (Fsp3) is 0.314. The molecule has 10 heteroatoms. The summed E-state index contributed by atoms with van der Waals surface area (Å²) in [5.41, 5.74) is 8.14. The van der Waals surface area contributed by atoms with E-state index in [9.17, 15) is 14.4 Å². The number of ether oxygens (including phenoxy) is 1. The van der Waals surface area contributed by atoms with Crippen LogP contribution in [0.4, 0.5) is 16.2 Å². The highest BCUT2D eigenvalue weighted by Gasteiger charge is 2.47. The van der Waals surface area contributed by atoms with Crippen LogP contribution in [0.5, 0.6) is 5.75 Å². The predicted octanol–water partition coefficient (Wildman–Crippen LogP) is 5.73. The largest absolute Gasteiger partial charge is 0.493 e. The molecule has 6 rings (SSSR count). The van der Waals surface area contributed by atoms with Gasteiger partial charge >= 0.3 is 12.0 Å². The smallest absolute Gasteiger partial charge is 0.323 e. The third-order valence-electron chi connectivity index (χ3n) is 8.61. The van der Waals surface area contributed by atoms with E-state index in [1.165, 1.54) is 11.1 Å². The summed E-state index contributed by atoms with van der Waals surface area (Å²) in [7, 11) is 0. The van der Waals surface area contributed by atoms with E-state index in [2.05, 4.69) is 47.8 Å². The van der Waals surface area contributed by atoms with Crippen LogP contribution < -0.4 is 20.3 Å². The van der Waals surface area contributed by atoms with E-state index in [4.69, 9.17) is 9.84 Å². The maximum atomic E-state index is 13.5. The number of benzene rings is 3. The molecule has 0 radical (unpaired) electrons. The van der Waals surface area contributed by atoms with Crippen molar-refractivity contribution in [3.05, 3.63) is 95.3 Å². The molecule has 3 amide bonds. The van der Waals surface area contributed by atoms with Crippen LogP contribution >= 0.6 is 0 Å². The molecule has 45 heavy (non-hydrogen) atoms. The van der Waals surface area contributed by atoms with E-state index in [1.807, 2.05) is 58.4 Å². The van der Waals surface area contributed by atoms with Gasteiger partial charge in [0.05, 0.1) is 19.3 Å². The molecule has 1 fully saturated rings. The summed E-state index contributed by atoms with van der Waals surface area (Å²) < 4.78 is 7.85. The van der Waals surface area contributed by atoms with Crippen LogP contribution in [-0.4, -0.2) is 52.5 Å². The van der Waals surface area contributed by atoms with E-state index in [0.29, 0.717) is 43.5 Å². The topological polar surface area (TPSA) is 126 Å². The van der Waals surface area contributed by atoms with E-state index in [0.717, 1.165) is 46.7 Å². The second kappa shape index (κ2) is 12.9. The average Bonchev–Trinajstić information content (AvgIpc) is 3.67. The van der Waals surface area contributed by atoms with Gasteiger partial charge in [-0.1, -0.05) is 36.4 Å². The summed E-state index contributed by atoms with van der Waals surface area (Å²) in [4.78, 5) is 38.1. The van der Waals surface area contributed by atoms with E-state index in [1.54, 1.807) is 6.07 Å². The van der Waals surface area contributed by atoms with E-state index in [-0.39, 0.29) is 5.91 Å². The Balaban J connectivity index is 1.11. The number of carboxylic acids is 1. The van der Waals surface area contributed by atoms with Gasteiger partial charge in [0.2, 0.25) is 5.91 Å². The number of urea groups is 1. The number of anilines is 2. The SMILES string of the molecule is Cc1cccc(OCCCC(=O)N2C[C@@H]3C[C@@H]3c3c(-c4cnn(Cc5cccc(NC(=O)NCC(=O)O)c5)c4)cccc32)c1C. The zero-order chi connectivity index (χ0) is 31.5. The number of aryl methyl sites for hydroxylation is 1. The number of hydrogen-bond donors (Lipinski definition) is 3. The summed E-state index contributed by atoms with van der Waals surface area (Å²) in [5, 5.41) is 18.3. The molecule has 1 aromatic heterocycles. The summed E-state index contributed by atoms with van der Waals surface area (Å²) in [6.45, 7) is 5.41. The second-order valence-electron chi connectivity index (χ2n) is 11.8. The Hall–Kier alpha value is -5.12. The third kappa shape index (κ3) is 6.85. The lowest BCUT2D eigenvalue weighted by atomic mass is 9.92. The van der Waals surface area contributed by atoms with Gasteiger partial charge in [-0.05, 0) is 90.6 Å². The Morgan fingerprint density at radius 3 is 2.73 bits per heavy atom. The van der Waals surface area contributed by atoms with Crippen molar-refractivity contribution in [3.63, 3.8) is 0 Å². The van der Waals surface area contributed by atoms with Crippen molar-refractivity contribution in [1.82, 2.24) is 15.1 Å². The average molecular weight is 608 g/mol. The zero-order valence-electron chi connectivity index (χ0n) is 25.5. The number of hydrogen-bond acceptors (Lipinski definition) is 5. The molecule has 0 unspecified atom stereocenters. The first-order valence-corrected chi connectivity index (χ1v) is 15.3. The highest BCUT2D eigenvalue weighted by molar-refractivity contribution is 5.97. The molecule has 3 aromatic carbocycles. The van der Waals surface area contributed by atoms with Crippen molar-refractivity contribution < 1.29 is 24.2 Å². The van der Waals surface area contributed by atoms with Crippen LogP contribution in [0.2, 0.25) is 0 Å². The summed E-state index contributed by atoms with van der Waals surface area (Å²) >= 11 is 0. The molecular weight excluding hydrogens is 570 g/mol. The lowest BCUT2D eigenvalue weighted by Gasteiger charge is -2.30. The van der Waals surface area contributed by atoms with Crippen LogP contribution in [0, 0.1) is 19.8 Å². The minimum Gasteiger partial charge on any atom is -0.493 e. The van der Waals surface area contributed by atoms with Gasteiger partial charge in [0, 0.05) is 36.1 Å². The van der Waals surface area contributed by atoms with Gasteiger partial charge in [-0.3, -0.25) is 14.3 Å². The lowest BCUT2D eigenvalue weighted by Crippen LogP contribution is -2.36. The lowest BCUT2D eigenvalue weighted by molar-refractivity contribution is -0.135. The number of amides is 3. The quantitative estimate of drug-likeness (QED) is 0.187. The highest BCUT2D eigenvalue weighted by atomic mass is 16.5. The van der Waals surface area contributed by atoms with E-state index >= 15 is 0 Å². The summed E-state index contributed by atoms with van der Waals surface area (Å²) in [5.74, 6) is 0.822. The first-order chi connectivity index (χ1) is 21.8. The number of fused-ring (bicyclic) bond motifs is 3. The minimum absolute atomic E-state index is 0.129. The number of nitrogens with one attached hydrogen (secondary N) is 2. The molecule has 1 aliphatic heterocycles. The molecule has 1 saturated carbocycles. The number of nitrogens with zero attached hydrogens (tertiary/aromatic N) is 3. The fourth-order valence-electron chi connectivity index (χ4n) is 6.08. The molecule has 4 aromatic rings. The minimum atomic E-state index is -1.11. The van der Waals surface area contributed by atoms with Crippen LogP contribution in [0.3, 0.4) is 0 Å². The first-order valence-electron chi connectivity index (χ1n) is 15.3. The Morgan fingerprint density at radius 2 is 1.89 bits per heavy atom. The Morgan fingerprint density at radius 1 is 1.07 bits per heavy atom.